The summed E-state index contributed by atoms with van der Waals surface area (Å²) in [6.45, 7) is 2.35. The molecule has 1 aliphatic rings. The van der Waals surface area contributed by atoms with E-state index in [0.717, 1.165) is 31.1 Å². The number of benzene rings is 1. The van der Waals surface area contributed by atoms with Gasteiger partial charge in [-0.1, -0.05) is 12.1 Å². The zero-order valence-corrected chi connectivity index (χ0v) is 11.3. The lowest BCUT2D eigenvalue weighted by Gasteiger charge is -2.00. The van der Waals surface area contributed by atoms with E-state index in [1.54, 1.807) is 19.1 Å². The molecule has 1 unspecified atom stereocenters. The molecule has 1 atom stereocenters. The first-order chi connectivity index (χ1) is 9.49. The van der Waals surface area contributed by atoms with Gasteiger partial charge in [-0.25, -0.2) is 4.79 Å². The number of phenols is 1. The number of aromatic hydroxyl groups is 1. The van der Waals surface area contributed by atoms with Crippen molar-refractivity contribution in [1.29, 1.82) is 0 Å². The maximum absolute atomic E-state index is 10.5. The predicted molar refractivity (Wildman–Crippen MR) is 74.4 cm³/mol. The Labute approximate surface area is 117 Å². The van der Waals surface area contributed by atoms with Gasteiger partial charge in [0.1, 0.15) is 11.9 Å². The number of hydrogen-bond donors (Lipinski definition) is 2. The average molecular weight is 278 g/mol. The Morgan fingerprint density at radius 2 is 1.95 bits per heavy atom. The average Bonchev–Trinajstić information content (AvgIpc) is 2.93. The highest BCUT2D eigenvalue weighted by atomic mass is 16.5. The van der Waals surface area contributed by atoms with Crippen molar-refractivity contribution in [3.05, 3.63) is 35.9 Å². The van der Waals surface area contributed by atoms with Gasteiger partial charge in [0.15, 0.2) is 5.78 Å². The summed E-state index contributed by atoms with van der Waals surface area (Å²) < 4.78 is 5.06. The largest absolute Gasteiger partial charge is 0.508 e. The Balaban J connectivity index is 0.000000217. The second kappa shape index (κ2) is 8.12. The molecule has 1 aromatic rings. The van der Waals surface area contributed by atoms with Gasteiger partial charge in [0.2, 0.25) is 0 Å². The van der Waals surface area contributed by atoms with E-state index in [-0.39, 0.29) is 17.6 Å². The van der Waals surface area contributed by atoms with Crippen LogP contribution in [0.3, 0.4) is 0 Å². The van der Waals surface area contributed by atoms with Crippen LogP contribution in [0, 0.1) is 0 Å². The van der Waals surface area contributed by atoms with Gasteiger partial charge in [0.25, 0.3) is 0 Å². The Kier molecular flexibility index (Phi) is 6.46. The van der Waals surface area contributed by atoms with Gasteiger partial charge in [-0.2, -0.15) is 0 Å². The van der Waals surface area contributed by atoms with Crippen molar-refractivity contribution >= 4 is 17.8 Å². The van der Waals surface area contributed by atoms with Gasteiger partial charge in [0.05, 0.1) is 0 Å². The molecule has 2 rings (SSSR count). The molecule has 0 spiro atoms. The minimum Gasteiger partial charge on any atom is -0.508 e. The summed E-state index contributed by atoms with van der Waals surface area (Å²) in [5, 5.41) is 17.2. The monoisotopic (exact) mass is 278 g/mol. The zero-order chi connectivity index (χ0) is 15.0. The number of carboxylic acids is 1. The molecule has 0 radical (unpaired) electrons. The summed E-state index contributed by atoms with van der Waals surface area (Å²) in [6, 6.07) is 6.27. The van der Waals surface area contributed by atoms with E-state index in [0.29, 0.717) is 0 Å². The van der Waals surface area contributed by atoms with E-state index in [4.69, 9.17) is 14.9 Å². The molecular formula is C15H18O5. The minimum absolute atomic E-state index is 0.0741. The first-order valence-electron chi connectivity index (χ1n) is 6.31. The highest BCUT2D eigenvalue weighted by Gasteiger charge is 2.18. The minimum atomic E-state index is -0.983. The Hall–Kier alpha value is -2.14. The third-order valence-electron chi connectivity index (χ3n) is 2.69. The van der Waals surface area contributed by atoms with Crippen LogP contribution >= 0.6 is 0 Å². The molecule has 2 N–H and O–H groups in total. The second-order valence-electron chi connectivity index (χ2n) is 4.38. The number of aliphatic carboxylic acids is 1. The normalized spacial score (nSPS) is 17.6. The zero-order valence-electron chi connectivity index (χ0n) is 11.3. The fourth-order valence-corrected chi connectivity index (χ4v) is 1.65. The Morgan fingerprint density at radius 3 is 2.35 bits per heavy atom. The number of phenolic OH excluding ortho intramolecular Hbond substituents is 1. The summed E-state index contributed by atoms with van der Waals surface area (Å²) in [6.07, 6.45) is 4.41. The van der Waals surface area contributed by atoms with Crippen LogP contribution in [0.2, 0.25) is 0 Å². The molecule has 0 aliphatic carbocycles. The smallest absolute Gasteiger partial charge is 0.328 e. The predicted octanol–water partition coefficient (Wildman–Crippen LogP) is 2.24. The number of rotatable bonds is 3. The molecule has 1 heterocycles. The first-order valence-corrected chi connectivity index (χ1v) is 6.31. The molecule has 0 saturated carbocycles. The molecule has 1 saturated heterocycles. The summed E-state index contributed by atoms with van der Waals surface area (Å²) >= 11 is 0. The Bertz CT molecular complexity index is 470. The van der Waals surface area contributed by atoms with Crippen LogP contribution in [-0.2, 0) is 14.3 Å². The molecule has 0 bridgehead atoms. The van der Waals surface area contributed by atoms with Gasteiger partial charge in [-0.15, -0.1) is 0 Å². The number of ketones is 1. The molecule has 0 aromatic heterocycles. The van der Waals surface area contributed by atoms with Crippen LogP contribution < -0.4 is 0 Å². The van der Waals surface area contributed by atoms with Crippen LogP contribution in [0.4, 0.5) is 0 Å². The summed E-state index contributed by atoms with van der Waals surface area (Å²) in [5.74, 6) is -0.645. The Morgan fingerprint density at radius 1 is 1.30 bits per heavy atom. The molecule has 1 aliphatic heterocycles. The van der Waals surface area contributed by atoms with Crippen molar-refractivity contribution in [2.24, 2.45) is 0 Å². The van der Waals surface area contributed by atoms with Crippen molar-refractivity contribution in [2.45, 2.75) is 25.9 Å². The lowest BCUT2D eigenvalue weighted by Crippen LogP contribution is -2.14. The molecule has 5 heteroatoms. The van der Waals surface area contributed by atoms with Gasteiger partial charge >= 0.3 is 5.97 Å². The van der Waals surface area contributed by atoms with Crippen molar-refractivity contribution in [1.82, 2.24) is 0 Å². The van der Waals surface area contributed by atoms with E-state index < -0.39 is 5.97 Å². The van der Waals surface area contributed by atoms with Crippen LogP contribution in [0.5, 0.6) is 5.75 Å². The maximum atomic E-state index is 10.5. The van der Waals surface area contributed by atoms with Gasteiger partial charge < -0.3 is 14.9 Å². The number of carbonyl (C=O) groups is 2. The van der Waals surface area contributed by atoms with Crippen LogP contribution in [-0.4, -0.2) is 34.7 Å². The lowest BCUT2D eigenvalue weighted by atomic mass is 10.2. The molecule has 108 valence electrons. The highest BCUT2D eigenvalue weighted by Crippen LogP contribution is 2.12. The number of hydrogen-bond acceptors (Lipinski definition) is 4. The number of carboxylic acid groups (broad SMARTS) is 1. The summed E-state index contributed by atoms with van der Waals surface area (Å²) in [4.78, 5) is 20.6. The summed E-state index contributed by atoms with van der Waals surface area (Å²) in [5.41, 5.74) is 0.746. The van der Waals surface area contributed by atoms with E-state index in [9.17, 15) is 9.59 Å². The van der Waals surface area contributed by atoms with Gasteiger partial charge in [0, 0.05) is 12.7 Å². The van der Waals surface area contributed by atoms with Crippen LogP contribution in [0.15, 0.2) is 30.3 Å². The maximum Gasteiger partial charge on any atom is 0.328 e. The van der Waals surface area contributed by atoms with E-state index in [1.807, 2.05) is 0 Å². The fraction of sp³-hybridized carbons (Fsp3) is 0.333. The number of carbonyl (C=O) groups excluding carboxylic acids is 1. The topological polar surface area (TPSA) is 83.8 Å². The molecular weight excluding hydrogens is 260 g/mol. The van der Waals surface area contributed by atoms with E-state index in [2.05, 4.69) is 0 Å². The molecule has 1 aromatic carbocycles. The fourth-order valence-electron chi connectivity index (χ4n) is 1.65. The highest BCUT2D eigenvalue weighted by molar-refractivity contribution is 5.85. The number of Topliss-reactive ketones (excluding diaryl/α,β-unsaturated/α-hetero) is 1. The van der Waals surface area contributed by atoms with Crippen molar-refractivity contribution in [3.8, 4) is 5.75 Å². The van der Waals surface area contributed by atoms with Crippen molar-refractivity contribution in [3.63, 3.8) is 0 Å². The van der Waals surface area contributed by atoms with Gasteiger partial charge in [-0.3, -0.25) is 4.79 Å². The number of ether oxygens (including phenoxy) is 1. The SMILES string of the molecule is CC(=O)C1CCCO1.O=C(O)C=Cc1ccc(O)cc1. The van der Waals surface area contributed by atoms with Crippen molar-refractivity contribution < 1.29 is 24.5 Å². The van der Waals surface area contributed by atoms with E-state index >= 15 is 0 Å². The molecule has 5 nitrogen and oxygen atoms in total. The molecule has 0 amide bonds. The standard InChI is InChI=1S/C9H8O3.C6H10O2/c10-8-4-1-7(2-5-8)3-6-9(11)12;1-5(7)6-3-2-4-8-6/h1-6,10H,(H,11,12);6H,2-4H2,1H3. The van der Waals surface area contributed by atoms with Crippen LogP contribution in [0.1, 0.15) is 25.3 Å². The third-order valence-corrected chi connectivity index (χ3v) is 2.69. The van der Waals surface area contributed by atoms with Gasteiger partial charge in [-0.05, 0) is 43.5 Å². The first kappa shape index (κ1) is 15.9. The van der Waals surface area contributed by atoms with Crippen molar-refractivity contribution in [2.75, 3.05) is 6.61 Å². The quantitative estimate of drug-likeness (QED) is 0.828. The third kappa shape index (κ3) is 6.15. The lowest BCUT2D eigenvalue weighted by molar-refractivity contribution is -0.131. The molecule has 1 fully saturated rings. The van der Waals surface area contributed by atoms with Crippen LogP contribution in [0.25, 0.3) is 6.08 Å². The molecule has 20 heavy (non-hydrogen) atoms. The van der Waals surface area contributed by atoms with E-state index in [1.165, 1.54) is 18.2 Å². The summed E-state index contributed by atoms with van der Waals surface area (Å²) in [7, 11) is 0. The second-order valence-corrected chi connectivity index (χ2v) is 4.38.